The average Bonchev–Trinajstić information content (AvgIpc) is 3.20. The van der Waals surface area contributed by atoms with E-state index in [9.17, 15) is 14.7 Å². The second kappa shape index (κ2) is 13.0. The minimum Gasteiger partial charge on any atom is -0.458 e. The summed E-state index contributed by atoms with van der Waals surface area (Å²) in [7, 11) is 0. The number of amidine groups is 1. The zero-order valence-electron chi connectivity index (χ0n) is 21.4. The maximum atomic E-state index is 13.3. The topological polar surface area (TPSA) is 115 Å². The van der Waals surface area contributed by atoms with Gasteiger partial charge >= 0.3 is 0 Å². The van der Waals surface area contributed by atoms with Crippen LogP contribution in [0.1, 0.15) is 52.4 Å². The van der Waals surface area contributed by atoms with E-state index in [-0.39, 0.29) is 24.2 Å². The molecule has 3 rings (SSSR count). The average molecular weight is 515 g/mol. The van der Waals surface area contributed by atoms with Crippen LogP contribution in [0.3, 0.4) is 0 Å². The summed E-state index contributed by atoms with van der Waals surface area (Å²) in [5.74, 6) is 0.852. The molecule has 4 N–H and O–H groups in total. The molecule has 1 fully saturated rings. The molecule has 9 heteroatoms. The van der Waals surface area contributed by atoms with E-state index in [1.807, 2.05) is 30.5 Å². The molecule has 1 heterocycles. The minimum atomic E-state index is -0.889. The van der Waals surface area contributed by atoms with Crippen LogP contribution < -0.4 is 15.4 Å². The van der Waals surface area contributed by atoms with Gasteiger partial charge in [0.2, 0.25) is 5.91 Å². The first-order valence-corrected chi connectivity index (χ1v) is 13.7. The fourth-order valence-electron chi connectivity index (χ4n) is 4.51. The van der Waals surface area contributed by atoms with E-state index in [0.717, 1.165) is 30.6 Å². The van der Waals surface area contributed by atoms with Crippen molar-refractivity contribution >= 4 is 29.4 Å². The van der Waals surface area contributed by atoms with Gasteiger partial charge in [-0.15, -0.1) is 11.8 Å². The van der Waals surface area contributed by atoms with Crippen molar-refractivity contribution in [3.05, 3.63) is 48.4 Å². The van der Waals surface area contributed by atoms with E-state index in [1.54, 1.807) is 30.5 Å². The van der Waals surface area contributed by atoms with E-state index in [1.165, 1.54) is 24.8 Å². The van der Waals surface area contributed by atoms with Crippen LogP contribution in [-0.2, 0) is 9.59 Å². The smallest absolute Gasteiger partial charge is 0.251 e. The van der Waals surface area contributed by atoms with Crippen LogP contribution in [0.2, 0.25) is 0 Å². The highest BCUT2D eigenvalue weighted by atomic mass is 32.2. The van der Waals surface area contributed by atoms with Crippen LogP contribution >= 0.6 is 11.8 Å². The second-order valence-electron chi connectivity index (χ2n) is 10.0. The molecular weight excluding hydrogens is 476 g/mol. The van der Waals surface area contributed by atoms with Crippen molar-refractivity contribution in [3.63, 3.8) is 0 Å². The van der Waals surface area contributed by atoms with Gasteiger partial charge in [0.05, 0.1) is 12.1 Å². The maximum absolute atomic E-state index is 13.3. The van der Waals surface area contributed by atoms with Gasteiger partial charge in [0.25, 0.3) is 5.91 Å². The number of hydrogen-bond donors (Lipinski definition) is 4. The predicted octanol–water partition coefficient (Wildman–Crippen LogP) is 3.82. The van der Waals surface area contributed by atoms with Gasteiger partial charge in [0, 0.05) is 23.7 Å². The standard InChI is InChI=1S/C27H38N4O4S/c1-27(2,34)18-29-14-13-24(28)30-26(33)21(15-19-9-5-4-6-10-19)31-17-20(16-25(31)32)35-22-11-7-8-12-23(22)36-3/h7-8,11-14,16,19,21,29,34H,4-6,9-10,15,17-18H2,1-3H3,(H2,28,30,33)/b14-13-/t21-/m0/s1. The SMILES string of the molecule is CSc1ccccc1OC1=CC(=O)N([C@@H](CC2CCCCC2)C(=O)NC(=N)/C=C\NCC(C)(C)O)C1. The van der Waals surface area contributed by atoms with Gasteiger partial charge in [-0.25, -0.2) is 0 Å². The lowest BCUT2D eigenvalue weighted by atomic mass is 9.84. The Morgan fingerprint density at radius 2 is 2.03 bits per heavy atom. The molecule has 0 aromatic heterocycles. The zero-order valence-corrected chi connectivity index (χ0v) is 22.2. The Morgan fingerprint density at radius 3 is 2.72 bits per heavy atom. The van der Waals surface area contributed by atoms with Crippen LogP contribution in [-0.4, -0.2) is 58.6 Å². The van der Waals surface area contributed by atoms with Gasteiger partial charge in [-0.05, 0) is 50.7 Å². The summed E-state index contributed by atoms with van der Waals surface area (Å²) in [6, 6.07) is 6.97. The number of thioether (sulfide) groups is 1. The highest BCUT2D eigenvalue weighted by molar-refractivity contribution is 7.98. The monoisotopic (exact) mass is 514 g/mol. The molecule has 0 bridgehead atoms. The first-order chi connectivity index (χ1) is 17.2. The summed E-state index contributed by atoms with van der Waals surface area (Å²) in [5.41, 5.74) is -0.889. The number of rotatable bonds is 11. The molecule has 1 aromatic rings. The molecule has 2 aliphatic rings. The molecule has 8 nitrogen and oxygen atoms in total. The predicted molar refractivity (Wildman–Crippen MR) is 143 cm³/mol. The number of carbonyl (C=O) groups excluding carboxylic acids is 2. The van der Waals surface area contributed by atoms with Crippen molar-refractivity contribution in [1.29, 1.82) is 5.41 Å². The largest absolute Gasteiger partial charge is 0.458 e. The molecule has 2 amide bonds. The lowest BCUT2D eigenvalue weighted by Crippen LogP contribution is -2.50. The fourth-order valence-corrected chi connectivity index (χ4v) is 5.03. The van der Waals surface area contributed by atoms with Crippen LogP contribution in [0.15, 0.2) is 53.3 Å². The first kappa shape index (κ1) is 27.8. The summed E-state index contributed by atoms with van der Waals surface area (Å²) >= 11 is 1.57. The molecule has 36 heavy (non-hydrogen) atoms. The van der Waals surface area contributed by atoms with Gasteiger partial charge in [-0.1, -0.05) is 44.2 Å². The number of ether oxygens (including phenoxy) is 1. The van der Waals surface area contributed by atoms with E-state index < -0.39 is 11.6 Å². The summed E-state index contributed by atoms with van der Waals surface area (Å²) in [5, 5.41) is 23.5. The Morgan fingerprint density at radius 1 is 1.31 bits per heavy atom. The van der Waals surface area contributed by atoms with Gasteiger partial charge in [-0.2, -0.15) is 0 Å². The first-order valence-electron chi connectivity index (χ1n) is 12.5. The molecule has 1 aliphatic heterocycles. The van der Waals surface area contributed by atoms with E-state index in [2.05, 4.69) is 10.6 Å². The van der Waals surface area contributed by atoms with Gasteiger partial charge in [0.1, 0.15) is 23.4 Å². The molecule has 0 radical (unpaired) electrons. The Kier molecular flexibility index (Phi) is 10.0. The van der Waals surface area contributed by atoms with E-state index in [0.29, 0.717) is 30.4 Å². The number of para-hydroxylation sites is 1. The number of amides is 2. The Labute approximate surface area is 218 Å². The molecule has 0 unspecified atom stereocenters. The fraction of sp³-hybridized carbons (Fsp3) is 0.519. The third-order valence-corrected chi connectivity index (χ3v) is 7.10. The van der Waals surface area contributed by atoms with Crippen molar-refractivity contribution in [1.82, 2.24) is 15.5 Å². The van der Waals surface area contributed by atoms with Crippen LogP contribution in [0, 0.1) is 11.3 Å². The van der Waals surface area contributed by atoms with Crippen molar-refractivity contribution in [2.24, 2.45) is 5.92 Å². The number of benzene rings is 1. The molecule has 1 aromatic carbocycles. The van der Waals surface area contributed by atoms with Crippen molar-refractivity contribution in [3.8, 4) is 5.75 Å². The van der Waals surface area contributed by atoms with Crippen molar-refractivity contribution in [2.45, 2.75) is 68.9 Å². The van der Waals surface area contributed by atoms with Crippen molar-refractivity contribution in [2.75, 3.05) is 19.3 Å². The Balaban J connectivity index is 1.68. The molecule has 1 aliphatic carbocycles. The van der Waals surface area contributed by atoms with Gasteiger partial charge < -0.3 is 25.4 Å². The van der Waals surface area contributed by atoms with Gasteiger partial charge in [-0.3, -0.25) is 15.0 Å². The van der Waals surface area contributed by atoms with E-state index in [4.69, 9.17) is 10.1 Å². The molecule has 0 spiro atoms. The molecule has 1 saturated carbocycles. The number of nitrogens with one attached hydrogen (secondary N) is 3. The number of hydrogen-bond acceptors (Lipinski definition) is 7. The molecule has 1 atom stereocenters. The third-order valence-electron chi connectivity index (χ3n) is 6.32. The Hall–Kier alpha value is -2.78. The van der Waals surface area contributed by atoms with Crippen LogP contribution in [0.4, 0.5) is 0 Å². The van der Waals surface area contributed by atoms with E-state index >= 15 is 0 Å². The summed E-state index contributed by atoms with van der Waals surface area (Å²) in [6.07, 6.45) is 12.5. The summed E-state index contributed by atoms with van der Waals surface area (Å²) in [4.78, 5) is 28.8. The van der Waals surface area contributed by atoms with Gasteiger partial charge in [0.15, 0.2) is 0 Å². The quantitative estimate of drug-likeness (QED) is 0.203. The maximum Gasteiger partial charge on any atom is 0.251 e. The highest BCUT2D eigenvalue weighted by Crippen LogP contribution is 2.32. The number of nitrogens with zero attached hydrogens (tertiary/aromatic N) is 1. The number of aliphatic hydroxyl groups is 1. The lowest BCUT2D eigenvalue weighted by Gasteiger charge is -2.31. The molecule has 196 valence electrons. The lowest BCUT2D eigenvalue weighted by molar-refractivity contribution is -0.135. The number of carbonyl (C=O) groups is 2. The normalized spacial score (nSPS) is 17.7. The Bertz CT molecular complexity index is 996. The molecular formula is C27H38N4O4S. The third kappa shape index (κ3) is 8.41. The minimum absolute atomic E-state index is 0.0816. The zero-order chi connectivity index (χ0) is 26.1. The van der Waals surface area contributed by atoms with Crippen molar-refractivity contribution < 1.29 is 19.4 Å². The van der Waals surface area contributed by atoms with Crippen LogP contribution in [0.25, 0.3) is 0 Å². The summed E-state index contributed by atoms with van der Waals surface area (Å²) < 4.78 is 6.06. The summed E-state index contributed by atoms with van der Waals surface area (Å²) in [6.45, 7) is 3.87. The molecule has 0 saturated heterocycles. The highest BCUT2D eigenvalue weighted by Gasteiger charge is 2.36. The van der Waals surface area contributed by atoms with Crippen LogP contribution in [0.5, 0.6) is 5.75 Å². The second-order valence-corrected chi connectivity index (χ2v) is 10.9.